The first-order valence-electron chi connectivity index (χ1n) is 6.07. The van der Waals surface area contributed by atoms with E-state index in [2.05, 4.69) is 5.32 Å². The molecule has 3 amide bonds. The molecule has 0 aliphatic carbocycles. The van der Waals surface area contributed by atoms with Gasteiger partial charge in [0.05, 0.1) is 5.56 Å². The van der Waals surface area contributed by atoms with Crippen molar-refractivity contribution >= 4 is 17.7 Å². The van der Waals surface area contributed by atoms with Crippen molar-refractivity contribution in [2.75, 3.05) is 6.54 Å². The summed E-state index contributed by atoms with van der Waals surface area (Å²) in [7, 11) is 0. The molecule has 0 radical (unpaired) electrons. The van der Waals surface area contributed by atoms with Gasteiger partial charge in [-0.05, 0) is 24.6 Å². The molecule has 0 aromatic heterocycles. The lowest BCUT2D eigenvalue weighted by atomic mass is 10.1. The van der Waals surface area contributed by atoms with Crippen LogP contribution < -0.4 is 5.32 Å². The quantitative estimate of drug-likeness (QED) is 0.768. The summed E-state index contributed by atoms with van der Waals surface area (Å²) in [6.07, 6.45) is 0.306. The minimum atomic E-state index is -0.817. The SMILES string of the molecule is CCC1C(=O)NC(=O)CN1C(=O)c1cc(F)ccc1O. The second-order valence-corrected chi connectivity index (χ2v) is 4.43. The topological polar surface area (TPSA) is 86.7 Å². The summed E-state index contributed by atoms with van der Waals surface area (Å²) in [4.78, 5) is 36.4. The van der Waals surface area contributed by atoms with Crippen molar-refractivity contribution < 1.29 is 23.9 Å². The summed E-state index contributed by atoms with van der Waals surface area (Å²) in [5, 5.41) is 11.8. The second-order valence-electron chi connectivity index (χ2n) is 4.43. The lowest BCUT2D eigenvalue weighted by molar-refractivity contribution is -0.138. The fourth-order valence-corrected chi connectivity index (χ4v) is 2.12. The Morgan fingerprint density at radius 3 is 2.85 bits per heavy atom. The van der Waals surface area contributed by atoms with Crippen LogP contribution in [0.25, 0.3) is 0 Å². The van der Waals surface area contributed by atoms with Crippen molar-refractivity contribution in [2.24, 2.45) is 0 Å². The van der Waals surface area contributed by atoms with E-state index < -0.39 is 35.3 Å². The molecule has 1 aliphatic heterocycles. The highest BCUT2D eigenvalue weighted by Crippen LogP contribution is 2.22. The normalized spacial score (nSPS) is 18.9. The Morgan fingerprint density at radius 2 is 2.20 bits per heavy atom. The van der Waals surface area contributed by atoms with Gasteiger partial charge in [-0.3, -0.25) is 19.7 Å². The zero-order chi connectivity index (χ0) is 14.9. The van der Waals surface area contributed by atoms with E-state index in [1.807, 2.05) is 0 Å². The molecule has 1 atom stereocenters. The summed E-state index contributed by atoms with van der Waals surface area (Å²) in [5.74, 6) is -3.02. The molecule has 0 bridgehead atoms. The van der Waals surface area contributed by atoms with E-state index >= 15 is 0 Å². The molecule has 7 heteroatoms. The second kappa shape index (κ2) is 5.28. The zero-order valence-corrected chi connectivity index (χ0v) is 10.7. The molecule has 20 heavy (non-hydrogen) atoms. The summed E-state index contributed by atoms with van der Waals surface area (Å²) in [6.45, 7) is 1.38. The largest absolute Gasteiger partial charge is 0.507 e. The molecule has 1 aromatic carbocycles. The van der Waals surface area contributed by atoms with Crippen LogP contribution in [0.5, 0.6) is 5.75 Å². The fraction of sp³-hybridized carbons (Fsp3) is 0.308. The number of rotatable bonds is 2. The molecule has 2 N–H and O–H groups in total. The van der Waals surface area contributed by atoms with E-state index in [-0.39, 0.29) is 12.1 Å². The van der Waals surface area contributed by atoms with Gasteiger partial charge in [-0.25, -0.2) is 4.39 Å². The standard InChI is InChI=1S/C13H13FN2O4/c1-2-9-12(19)15-11(18)6-16(9)13(20)8-5-7(14)3-4-10(8)17/h3-5,9,17H,2,6H2,1H3,(H,15,18,19). The van der Waals surface area contributed by atoms with E-state index in [1.165, 1.54) is 0 Å². The molecule has 0 saturated carbocycles. The number of carbonyl (C=O) groups is 3. The van der Waals surface area contributed by atoms with Crippen LogP contribution in [0.3, 0.4) is 0 Å². The van der Waals surface area contributed by atoms with E-state index in [0.29, 0.717) is 6.42 Å². The van der Waals surface area contributed by atoms with Crippen LogP contribution in [0, 0.1) is 5.82 Å². The third-order valence-electron chi connectivity index (χ3n) is 3.09. The number of carbonyl (C=O) groups excluding carboxylic acids is 3. The number of aromatic hydroxyl groups is 1. The van der Waals surface area contributed by atoms with Crippen molar-refractivity contribution in [3.63, 3.8) is 0 Å². The highest BCUT2D eigenvalue weighted by molar-refractivity contribution is 6.07. The number of nitrogens with zero attached hydrogens (tertiary/aromatic N) is 1. The molecule has 1 unspecified atom stereocenters. The Kier molecular flexibility index (Phi) is 3.69. The van der Waals surface area contributed by atoms with E-state index in [9.17, 15) is 23.9 Å². The third kappa shape index (κ3) is 2.47. The monoisotopic (exact) mass is 280 g/mol. The van der Waals surface area contributed by atoms with Gasteiger partial charge in [-0.1, -0.05) is 6.92 Å². The predicted octanol–water partition coefficient (Wildman–Crippen LogP) is 0.408. The maximum absolute atomic E-state index is 13.2. The lowest BCUT2D eigenvalue weighted by Gasteiger charge is -2.33. The average molecular weight is 280 g/mol. The first-order valence-corrected chi connectivity index (χ1v) is 6.07. The lowest BCUT2D eigenvalue weighted by Crippen LogP contribution is -2.59. The number of benzene rings is 1. The van der Waals surface area contributed by atoms with Crippen LogP contribution in [0.4, 0.5) is 4.39 Å². The van der Waals surface area contributed by atoms with Crippen LogP contribution >= 0.6 is 0 Å². The molecule has 1 aliphatic rings. The van der Waals surface area contributed by atoms with Gasteiger partial charge < -0.3 is 10.0 Å². The van der Waals surface area contributed by atoms with Gasteiger partial charge in [0.1, 0.15) is 24.2 Å². The van der Waals surface area contributed by atoms with Gasteiger partial charge in [-0.15, -0.1) is 0 Å². The van der Waals surface area contributed by atoms with Crippen molar-refractivity contribution in [1.29, 1.82) is 0 Å². The molecule has 1 heterocycles. The van der Waals surface area contributed by atoms with Gasteiger partial charge in [0.25, 0.3) is 5.91 Å². The molecule has 1 fully saturated rings. The summed E-state index contributed by atoms with van der Waals surface area (Å²) >= 11 is 0. The molecule has 106 valence electrons. The number of amides is 3. The summed E-state index contributed by atoms with van der Waals surface area (Å²) < 4.78 is 13.2. The van der Waals surface area contributed by atoms with Crippen molar-refractivity contribution in [3.05, 3.63) is 29.6 Å². The van der Waals surface area contributed by atoms with Gasteiger partial charge >= 0.3 is 0 Å². The molecule has 0 spiro atoms. The minimum absolute atomic E-state index is 0.272. The number of phenols is 1. The van der Waals surface area contributed by atoms with Gasteiger partial charge in [-0.2, -0.15) is 0 Å². The maximum Gasteiger partial charge on any atom is 0.258 e. The number of hydrogen-bond acceptors (Lipinski definition) is 4. The summed E-state index contributed by atoms with van der Waals surface area (Å²) in [5.41, 5.74) is -0.272. The smallest absolute Gasteiger partial charge is 0.258 e. The van der Waals surface area contributed by atoms with E-state index in [0.717, 1.165) is 23.1 Å². The number of imide groups is 1. The van der Waals surface area contributed by atoms with E-state index in [4.69, 9.17) is 0 Å². The number of piperazine rings is 1. The average Bonchev–Trinajstić information content (AvgIpc) is 2.40. The predicted molar refractivity (Wildman–Crippen MR) is 66.3 cm³/mol. The number of nitrogens with one attached hydrogen (secondary N) is 1. The fourth-order valence-electron chi connectivity index (χ4n) is 2.12. The zero-order valence-electron chi connectivity index (χ0n) is 10.7. The van der Waals surface area contributed by atoms with Crippen LogP contribution in [-0.4, -0.2) is 40.3 Å². The first kappa shape index (κ1) is 14.0. The Bertz CT molecular complexity index is 588. The van der Waals surface area contributed by atoms with Gasteiger partial charge in [0.2, 0.25) is 11.8 Å². The number of hydrogen-bond donors (Lipinski definition) is 2. The van der Waals surface area contributed by atoms with Crippen LogP contribution in [0.2, 0.25) is 0 Å². The van der Waals surface area contributed by atoms with Crippen molar-refractivity contribution in [1.82, 2.24) is 10.2 Å². The maximum atomic E-state index is 13.2. The Balaban J connectivity index is 2.37. The molecular formula is C13H13FN2O4. The first-order chi connectivity index (χ1) is 9.43. The highest BCUT2D eigenvalue weighted by Gasteiger charge is 2.36. The Hall–Kier alpha value is -2.44. The van der Waals surface area contributed by atoms with Crippen LogP contribution in [0.15, 0.2) is 18.2 Å². The van der Waals surface area contributed by atoms with Gasteiger partial charge in [0.15, 0.2) is 0 Å². The van der Waals surface area contributed by atoms with Crippen molar-refractivity contribution in [2.45, 2.75) is 19.4 Å². The highest BCUT2D eigenvalue weighted by atomic mass is 19.1. The van der Waals surface area contributed by atoms with Crippen LogP contribution in [0.1, 0.15) is 23.7 Å². The Labute approximate surface area is 114 Å². The molecule has 2 rings (SSSR count). The van der Waals surface area contributed by atoms with Gasteiger partial charge in [0, 0.05) is 0 Å². The van der Waals surface area contributed by atoms with Crippen molar-refractivity contribution in [3.8, 4) is 5.75 Å². The third-order valence-corrected chi connectivity index (χ3v) is 3.09. The molecule has 1 aromatic rings. The number of phenolic OH excluding ortho intramolecular Hbond substituents is 1. The molecular weight excluding hydrogens is 267 g/mol. The van der Waals surface area contributed by atoms with Crippen LogP contribution in [-0.2, 0) is 9.59 Å². The Morgan fingerprint density at radius 1 is 1.50 bits per heavy atom. The summed E-state index contributed by atoms with van der Waals surface area (Å²) in [6, 6.07) is 2.12. The molecule has 1 saturated heterocycles. The minimum Gasteiger partial charge on any atom is -0.507 e. The molecule has 6 nitrogen and oxygen atoms in total. The van der Waals surface area contributed by atoms with E-state index in [1.54, 1.807) is 6.92 Å². The number of halogens is 1.